The van der Waals surface area contributed by atoms with Gasteiger partial charge in [0.25, 0.3) is 0 Å². The molecule has 0 amide bonds. The molecule has 0 aromatic heterocycles. The monoisotopic (exact) mass is 246 g/mol. The summed E-state index contributed by atoms with van der Waals surface area (Å²) in [7, 11) is 0. The first-order chi connectivity index (χ1) is 8.13. The fourth-order valence-corrected chi connectivity index (χ4v) is 1.98. The molecule has 0 saturated heterocycles. The van der Waals surface area contributed by atoms with Gasteiger partial charge in [0.1, 0.15) is 0 Å². The molecular formula is C14H15ClN2. The molecule has 3 heteroatoms. The standard InChI is InChI=1S/C14H15ClN2/c1-10-5-13(16)8-14(6-10)17-9-11-3-2-4-12(15)7-11/h2-8,17H,9,16H2,1H3. The maximum absolute atomic E-state index is 5.93. The van der Waals surface area contributed by atoms with Crippen LogP contribution in [0.2, 0.25) is 5.02 Å². The van der Waals surface area contributed by atoms with Crippen LogP contribution < -0.4 is 11.1 Å². The predicted octanol–water partition coefficient (Wildman–Crippen LogP) is 3.84. The Hall–Kier alpha value is -1.67. The molecule has 2 rings (SSSR count). The number of rotatable bonds is 3. The molecule has 0 unspecified atom stereocenters. The van der Waals surface area contributed by atoms with E-state index in [4.69, 9.17) is 17.3 Å². The van der Waals surface area contributed by atoms with Gasteiger partial charge in [-0.15, -0.1) is 0 Å². The molecule has 2 aromatic rings. The van der Waals surface area contributed by atoms with Gasteiger partial charge in [-0.05, 0) is 48.4 Å². The summed E-state index contributed by atoms with van der Waals surface area (Å²) in [5, 5.41) is 4.09. The third kappa shape index (κ3) is 3.40. The highest BCUT2D eigenvalue weighted by Crippen LogP contribution is 2.17. The van der Waals surface area contributed by atoms with Crippen LogP contribution >= 0.6 is 11.6 Å². The lowest BCUT2D eigenvalue weighted by Crippen LogP contribution is -2.00. The van der Waals surface area contributed by atoms with Gasteiger partial charge in [0, 0.05) is 22.9 Å². The highest BCUT2D eigenvalue weighted by Gasteiger charge is 1.97. The van der Waals surface area contributed by atoms with Crippen molar-refractivity contribution >= 4 is 23.0 Å². The highest BCUT2D eigenvalue weighted by molar-refractivity contribution is 6.30. The minimum atomic E-state index is 0.740. The molecule has 0 heterocycles. The number of aryl methyl sites for hydroxylation is 1. The average Bonchev–Trinajstić information content (AvgIpc) is 2.25. The zero-order valence-corrected chi connectivity index (χ0v) is 10.5. The number of anilines is 2. The van der Waals surface area contributed by atoms with Gasteiger partial charge in [0.05, 0.1) is 0 Å². The second kappa shape index (κ2) is 5.11. The smallest absolute Gasteiger partial charge is 0.0409 e. The van der Waals surface area contributed by atoms with Gasteiger partial charge < -0.3 is 11.1 Å². The molecule has 2 nitrogen and oxygen atoms in total. The summed E-state index contributed by atoms with van der Waals surface area (Å²) >= 11 is 5.93. The van der Waals surface area contributed by atoms with Crippen LogP contribution in [0.15, 0.2) is 42.5 Å². The molecule has 0 atom stereocenters. The van der Waals surface area contributed by atoms with Crippen molar-refractivity contribution in [2.45, 2.75) is 13.5 Å². The number of halogens is 1. The quantitative estimate of drug-likeness (QED) is 0.808. The number of nitrogen functional groups attached to an aromatic ring is 1. The molecule has 0 aliphatic rings. The van der Waals surface area contributed by atoms with Crippen LogP contribution in [0.5, 0.6) is 0 Å². The first-order valence-electron chi connectivity index (χ1n) is 5.49. The molecular weight excluding hydrogens is 232 g/mol. The third-order valence-corrected chi connectivity index (χ3v) is 2.72. The van der Waals surface area contributed by atoms with E-state index in [1.54, 1.807) is 0 Å². The van der Waals surface area contributed by atoms with E-state index in [1.165, 1.54) is 0 Å². The van der Waals surface area contributed by atoms with E-state index in [9.17, 15) is 0 Å². The Labute approximate surface area is 106 Å². The summed E-state index contributed by atoms with van der Waals surface area (Å²) in [6.07, 6.45) is 0. The van der Waals surface area contributed by atoms with Crippen molar-refractivity contribution in [2.24, 2.45) is 0 Å². The van der Waals surface area contributed by atoms with Crippen LogP contribution in [-0.4, -0.2) is 0 Å². The van der Waals surface area contributed by atoms with E-state index in [-0.39, 0.29) is 0 Å². The van der Waals surface area contributed by atoms with Crippen molar-refractivity contribution in [1.82, 2.24) is 0 Å². The molecule has 2 aromatic carbocycles. The first kappa shape index (κ1) is 11.8. The van der Waals surface area contributed by atoms with E-state index in [0.29, 0.717) is 0 Å². The summed E-state index contributed by atoms with van der Waals surface area (Å²) in [4.78, 5) is 0. The van der Waals surface area contributed by atoms with Gasteiger partial charge in [-0.25, -0.2) is 0 Å². The van der Waals surface area contributed by atoms with Gasteiger partial charge in [0.15, 0.2) is 0 Å². The second-order valence-corrected chi connectivity index (χ2v) is 4.55. The van der Waals surface area contributed by atoms with Gasteiger partial charge in [-0.1, -0.05) is 23.7 Å². The molecule has 0 aliphatic heterocycles. The number of nitrogens with one attached hydrogen (secondary N) is 1. The average molecular weight is 247 g/mol. The zero-order chi connectivity index (χ0) is 12.3. The Morgan fingerprint density at radius 2 is 2.00 bits per heavy atom. The molecule has 0 radical (unpaired) electrons. The van der Waals surface area contributed by atoms with Crippen molar-refractivity contribution in [3.8, 4) is 0 Å². The number of benzene rings is 2. The predicted molar refractivity (Wildman–Crippen MR) is 74.4 cm³/mol. The topological polar surface area (TPSA) is 38.0 Å². The first-order valence-corrected chi connectivity index (χ1v) is 5.87. The summed E-state index contributed by atoms with van der Waals surface area (Å²) in [5.41, 5.74) is 9.90. The van der Waals surface area contributed by atoms with Gasteiger partial charge in [0.2, 0.25) is 0 Å². The van der Waals surface area contributed by atoms with Gasteiger partial charge in [-0.2, -0.15) is 0 Å². The summed E-state index contributed by atoms with van der Waals surface area (Å²) in [6, 6.07) is 13.8. The van der Waals surface area contributed by atoms with E-state index in [0.717, 1.165) is 34.1 Å². The fraction of sp³-hybridized carbons (Fsp3) is 0.143. The van der Waals surface area contributed by atoms with Gasteiger partial charge >= 0.3 is 0 Å². The van der Waals surface area contributed by atoms with Crippen LogP contribution in [0.4, 0.5) is 11.4 Å². The molecule has 0 aliphatic carbocycles. The minimum Gasteiger partial charge on any atom is -0.399 e. The van der Waals surface area contributed by atoms with Crippen molar-refractivity contribution in [2.75, 3.05) is 11.1 Å². The highest BCUT2D eigenvalue weighted by atomic mass is 35.5. The summed E-state index contributed by atoms with van der Waals surface area (Å²) in [5.74, 6) is 0. The van der Waals surface area contributed by atoms with Crippen molar-refractivity contribution in [3.63, 3.8) is 0 Å². The summed E-state index contributed by atoms with van der Waals surface area (Å²) < 4.78 is 0. The zero-order valence-electron chi connectivity index (χ0n) is 9.70. The minimum absolute atomic E-state index is 0.740. The Morgan fingerprint density at radius 3 is 2.71 bits per heavy atom. The van der Waals surface area contributed by atoms with Crippen LogP contribution in [-0.2, 0) is 6.54 Å². The second-order valence-electron chi connectivity index (χ2n) is 4.12. The Kier molecular flexibility index (Phi) is 3.55. The number of hydrogen-bond donors (Lipinski definition) is 2. The van der Waals surface area contributed by atoms with Crippen LogP contribution in [0.3, 0.4) is 0 Å². The Bertz CT molecular complexity index is 503. The number of hydrogen-bond acceptors (Lipinski definition) is 2. The largest absolute Gasteiger partial charge is 0.399 e. The van der Waals surface area contributed by atoms with Crippen LogP contribution in [0.1, 0.15) is 11.1 Å². The third-order valence-electron chi connectivity index (χ3n) is 2.49. The maximum Gasteiger partial charge on any atom is 0.0409 e. The lowest BCUT2D eigenvalue weighted by atomic mass is 10.2. The maximum atomic E-state index is 5.93. The molecule has 3 N–H and O–H groups in total. The van der Waals surface area contributed by atoms with E-state index in [1.807, 2.05) is 43.3 Å². The van der Waals surface area contributed by atoms with Crippen LogP contribution in [0.25, 0.3) is 0 Å². The molecule has 17 heavy (non-hydrogen) atoms. The molecule has 0 bridgehead atoms. The normalized spacial score (nSPS) is 10.2. The van der Waals surface area contributed by atoms with Gasteiger partial charge in [-0.3, -0.25) is 0 Å². The lowest BCUT2D eigenvalue weighted by Gasteiger charge is -2.08. The molecule has 0 spiro atoms. The fourth-order valence-electron chi connectivity index (χ4n) is 1.77. The summed E-state index contributed by atoms with van der Waals surface area (Å²) in [6.45, 7) is 2.77. The van der Waals surface area contributed by atoms with E-state index >= 15 is 0 Å². The lowest BCUT2D eigenvalue weighted by molar-refractivity contribution is 1.15. The van der Waals surface area contributed by atoms with Crippen molar-refractivity contribution < 1.29 is 0 Å². The van der Waals surface area contributed by atoms with E-state index < -0.39 is 0 Å². The molecule has 0 saturated carbocycles. The Balaban J connectivity index is 2.07. The number of nitrogens with two attached hydrogens (primary N) is 1. The van der Waals surface area contributed by atoms with Crippen LogP contribution in [0, 0.1) is 6.92 Å². The van der Waals surface area contributed by atoms with Crippen molar-refractivity contribution in [3.05, 3.63) is 58.6 Å². The SMILES string of the molecule is Cc1cc(N)cc(NCc2cccc(Cl)c2)c1. The molecule has 88 valence electrons. The van der Waals surface area contributed by atoms with E-state index in [2.05, 4.69) is 11.4 Å². The Morgan fingerprint density at radius 1 is 1.18 bits per heavy atom. The van der Waals surface area contributed by atoms with Crippen molar-refractivity contribution in [1.29, 1.82) is 0 Å². The molecule has 0 fully saturated rings.